The van der Waals surface area contributed by atoms with Gasteiger partial charge in [0.25, 0.3) is 0 Å². The number of hydrogen-bond donors (Lipinski definition) is 0. The Balaban J connectivity index is 1.17. The fraction of sp³-hybridized carbons (Fsp3) is 0. The van der Waals surface area contributed by atoms with Gasteiger partial charge in [0.1, 0.15) is 6.07 Å². The number of nitrogens with zero attached hydrogens (tertiary/aromatic N) is 5. The molecule has 0 amide bonds. The minimum atomic E-state index is 0.555. The molecule has 16 rings (SSSR count). The van der Waals surface area contributed by atoms with Gasteiger partial charge in [-0.05, 0) is 90.5 Å². The van der Waals surface area contributed by atoms with E-state index in [0.717, 1.165) is 142 Å². The van der Waals surface area contributed by atoms with Crippen LogP contribution in [0.1, 0.15) is 5.56 Å². The highest BCUT2D eigenvalue weighted by Crippen LogP contribution is 2.59. The number of anilines is 6. The highest BCUT2D eigenvalue weighted by molar-refractivity contribution is 8.00. The van der Waals surface area contributed by atoms with Crippen molar-refractivity contribution in [2.75, 3.05) is 9.80 Å². The molecule has 0 unspecified atom stereocenters. The van der Waals surface area contributed by atoms with Crippen LogP contribution in [-0.2, 0) is 0 Å². The Morgan fingerprint density at radius 1 is 0.275 bits per heavy atom. The van der Waals surface area contributed by atoms with Crippen LogP contribution >= 0.6 is 23.5 Å². The van der Waals surface area contributed by atoms with Crippen LogP contribution in [0.4, 0.5) is 34.1 Å². The maximum atomic E-state index is 13.0. The summed E-state index contributed by atoms with van der Waals surface area (Å²) < 4.78 is 4.94. The quantitative estimate of drug-likeness (QED) is 0.159. The third-order valence-electron chi connectivity index (χ3n) is 15.9. The van der Waals surface area contributed by atoms with Gasteiger partial charge in [-0.2, -0.15) is 5.26 Å². The van der Waals surface area contributed by atoms with Crippen molar-refractivity contribution in [3.63, 3.8) is 0 Å². The third-order valence-corrected chi connectivity index (χ3v) is 18.2. The molecule has 0 radical (unpaired) electrons. The molecule has 374 valence electrons. The van der Waals surface area contributed by atoms with Gasteiger partial charge in [0, 0.05) is 68.9 Å². The molecule has 2 aliphatic rings. The zero-order valence-corrected chi connectivity index (χ0v) is 44.7. The Hall–Kier alpha value is -9.97. The van der Waals surface area contributed by atoms with Gasteiger partial charge in [0.05, 0.1) is 73.1 Å². The summed E-state index contributed by atoms with van der Waals surface area (Å²) in [6.45, 7) is 0. The number of fused-ring (bicyclic) bond motifs is 10. The number of aromatic nitrogens is 2. The summed E-state index contributed by atoms with van der Waals surface area (Å²) in [5, 5.41) is 17.5. The van der Waals surface area contributed by atoms with E-state index in [4.69, 9.17) is 0 Å². The van der Waals surface area contributed by atoms with E-state index in [2.05, 4.69) is 298 Å². The first-order valence-electron chi connectivity index (χ1n) is 26.9. The molecule has 0 spiro atoms. The summed E-state index contributed by atoms with van der Waals surface area (Å²) in [4.78, 5) is 9.47. The van der Waals surface area contributed by atoms with E-state index in [1.807, 2.05) is 0 Å². The maximum absolute atomic E-state index is 13.0. The van der Waals surface area contributed by atoms with Crippen LogP contribution in [0.5, 0.6) is 0 Å². The van der Waals surface area contributed by atoms with Gasteiger partial charge in [-0.1, -0.05) is 212 Å². The molecule has 0 atom stereocenters. The summed E-state index contributed by atoms with van der Waals surface area (Å²) in [5.41, 5.74) is 18.3. The van der Waals surface area contributed by atoms with Gasteiger partial charge in [-0.3, -0.25) is 0 Å². The summed E-state index contributed by atoms with van der Waals surface area (Å²) in [7, 11) is 0. The van der Waals surface area contributed by atoms with Crippen molar-refractivity contribution >= 4 is 101 Å². The Labute approximate surface area is 471 Å². The Morgan fingerprint density at radius 3 is 0.912 bits per heavy atom. The molecular weight excluding hydrogens is 1010 g/mol. The minimum absolute atomic E-state index is 0.555. The number of rotatable bonds is 7. The number of nitriles is 1. The Bertz CT molecular complexity index is 4410. The summed E-state index contributed by atoms with van der Waals surface area (Å²) in [5.74, 6) is 0. The van der Waals surface area contributed by atoms with E-state index in [9.17, 15) is 5.26 Å². The smallest absolute Gasteiger partial charge is 0.101 e. The molecule has 14 aromatic rings. The predicted octanol–water partition coefficient (Wildman–Crippen LogP) is 20.6. The van der Waals surface area contributed by atoms with Crippen molar-refractivity contribution in [2.45, 2.75) is 19.6 Å². The maximum Gasteiger partial charge on any atom is 0.101 e. The van der Waals surface area contributed by atoms with Gasteiger partial charge in [-0.15, -0.1) is 0 Å². The van der Waals surface area contributed by atoms with Crippen molar-refractivity contribution in [2.24, 2.45) is 0 Å². The van der Waals surface area contributed by atoms with Crippen LogP contribution in [0.25, 0.3) is 88.4 Å². The number of benzene rings is 12. The van der Waals surface area contributed by atoms with Crippen LogP contribution in [0.15, 0.2) is 293 Å². The Kier molecular flexibility index (Phi) is 10.7. The first-order chi connectivity index (χ1) is 39.7. The summed E-state index contributed by atoms with van der Waals surface area (Å²) in [6.07, 6.45) is 0. The lowest BCUT2D eigenvalue weighted by atomic mass is 9.82. The molecule has 0 bridgehead atoms. The van der Waals surface area contributed by atoms with E-state index in [1.165, 1.54) is 0 Å². The molecule has 0 saturated heterocycles. The van der Waals surface area contributed by atoms with E-state index in [1.54, 1.807) is 23.5 Å². The number of hydrogen-bond acceptors (Lipinski definition) is 5. The molecule has 0 aliphatic carbocycles. The second kappa shape index (κ2) is 18.6. The van der Waals surface area contributed by atoms with Crippen molar-refractivity contribution < 1.29 is 0 Å². The highest BCUT2D eigenvalue weighted by atomic mass is 32.2. The SMILES string of the molecule is N#Cc1c(-c2ccccc2N2c3ccccc3Sc3ccccc32)c(-n2c3ccccc3c3ccccc32)c(-c2ccccc2)c(-n2c3ccccc3c3ccccc32)c1-c1ccccc1N1c2ccccc2Sc2ccccc21. The lowest BCUT2D eigenvalue weighted by molar-refractivity contribution is 1.13. The molecule has 0 N–H and O–H groups in total. The first-order valence-corrected chi connectivity index (χ1v) is 28.5. The zero-order valence-electron chi connectivity index (χ0n) is 43.0. The topological polar surface area (TPSA) is 40.1 Å². The summed E-state index contributed by atoms with van der Waals surface area (Å²) >= 11 is 3.59. The molecule has 5 nitrogen and oxygen atoms in total. The lowest BCUT2D eigenvalue weighted by Gasteiger charge is -2.36. The van der Waals surface area contributed by atoms with Crippen molar-refractivity contribution in [3.05, 3.63) is 279 Å². The van der Waals surface area contributed by atoms with E-state index in [-0.39, 0.29) is 0 Å². The monoisotopic (exact) mass is 1060 g/mol. The molecule has 4 heterocycles. The van der Waals surface area contributed by atoms with Gasteiger partial charge >= 0.3 is 0 Å². The van der Waals surface area contributed by atoms with Gasteiger partial charge in [0.2, 0.25) is 0 Å². The van der Waals surface area contributed by atoms with E-state index in [0.29, 0.717) is 5.56 Å². The highest BCUT2D eigenvalue weighted by Gasteiger charge is 2.37. The molecular formula is C73H45N5S2. The largest absolute Gasteiger partial charge is 0.308 e. The standard InChI is InChI=1S/C73H45N5S2/c74-46-54-70(52-30-8-14-36-59(52)75-61-38-16-20-42-65(61)79-66-43-21-17-39-62(66)75)72(77-55-32-10-4-26-48(55)49-27-5-11-33-56(49)77)69(47-24-2-1-3-25-47)73(78-57-34-12-6-28-50(57)51-29-7-13-35-58(51)78)71(54)53-31-9-15-37-60(53)76-63-40-18-22-44-67(63)80-68-45-23-19-41-64(68)76/h1-45H. The van der Waals surface area contributed by atoms with Crippen LogP contribution in [0.2, 0.25) is 0 Å². The van der Waals surface area contributed by atoms with Gasteiger partial charge in [-0.25, -0.2) is 0 Å². The van der Waals surface area contributed by atoms with Crippen LogP contribution in [0.3, 0.4) is 0 Å². The average molecular weight is 1060 g/mol. The van der Waals surface area contributed by atoms with Gasteiger partial charge in [0.15, 0.2) is 0 Å². The molecule has 12 aromatic carbocycles. The van der Waals surface area contributed by atoms with Gasteiger partial charge < -0.3 is 18.9 Å². The van der Waals surface area contributed by atoms with Crippen molar-refractivity contribution in [1.29, 1.82) is 5.26 Å². The zero-order chi connectivity index (χ0) is 52.8. The lowest BCUT2D eigenvalue weighted by Crippen LogP contribution is -2.18. The summed E-state index contributed by atoms with van der Waals surface area (Å²) in [6, 6.07) is 101. The van der Waals surface area contributed by atoms with E-state index >= 15 is 0 Å². The molecule has 0 saturated carbocycles. The van der Waals surface area contributed by atoms with Crippen LogP contribution in [0, 0.1) is 11.3 Å². The first kappa shape index (κ1) is 46.2. The molecule has 80 heavy (non-hydrogen) atoms. The van der Waals surface area contributed by atoms with Crippen molar-refractivity contribution in [3.8, 4) is 50.8 Å². The minimum Gasteiger partial charge on any atom is -0.308 e. The fourth-order valence-electron chi connectivity index (χ4n) is 12.7. The van der Waals surface area contributed by atoms with E-state index < -0.39 is 0 Å². The van der Waals surface area contributed by atoms with Crippen molar-refractivity contribution in [1.82, 2.24) is 9.13 Å². The normalized spacial score (nSPS) is 12.6. The molecule has 2 aliphatic heterocycles. The second-order valence-electron chi connectivity index (χ2n) is 20.2. The van der Waals surface area contributed by atoms with Crippen LogP contribution in [-0.4, -0.2) is 9.13 Å². The third kappa shape index (κ3) is 6.93. The number of para-hydroxylation sites is 10. The Morgan fingerprint density at radius 2 is 0.562 bits per heavy atom. The van der Waals surface area contributed by atoms with Crippen LogP contribution < -0.4 is 9.80 Å². The molecule has 7 heteroatoms. The average Bonchev–Trinajstić information content (AvgIpc) is 4.13. The molecule has 2 aromatic heterocycles. The fourth-order valence-corrected chi connectivity index (χ4v) is 14.8. The predicted molar refractivity (Wildman–Crippen MR) is 334 cm³/mol. The molecule has 0 fully saturated rings. The second-order valence-corrected chi connectivity index (χ2v) is 22.4.